The van der Waals surface area contributed by atoms with Gasteiger partial charge in [0.1, 0.15) is 18.1 Å². The Balaban J connectivity index is 1.63. The molecule has 0 aromatic heterocycles. The maximum atomic E-state index is 6.68. The van der Waals surface area contributed by atoms with Crippen LogP contribution in [-0.4, -0.2) is 33.9 Å². The molecule has 0 radical (unpaired) electrons. The lowest BCUT2D eigenvalue weighted by Gasteiger charge is -2.34. The molecule has 0 bridgehead atoms. The van der Waals surface area contributed by atoms with Gasteiger partial charge in [0, 0.05) is 22.6 Å². The van der Waals surface area contributed by atoms with Crippen molar-refractivity contribution in [2.45, 2.75) is 31.6 Å². The van der Waals surface area contributed by atoms with Crippen molar-refractivity contribution in [1.29, 1.82) is 0 Å². The van der Waals surface area contributed by atoms with Crippen LogP contribution < -0.4 is 19.1 Å². The number of nitrogens with one attached hydrogen (secondary N) is 1. The van der Waals surface area contributed by atoms with Gasteiger partial charge in [0.05, 0.1) is 27.3 Å². The largest absolute Gasteiger partial charge is 0.493 e. The summed E-state index contributed by atoms with van der Waals surface area (Å²) in [7, 11) is 3.36. The number of rotatable bonds is 7. The van der Waals surface area contributed by atoms with E-state index in [9.17, 15) is 0 Å². The standard InChI is InChI=1S/C30H33NO3/c1-32-28-16-15-23(20-29(28)33-2)30-26(21-31-17-9-4-10-18-31)25(19-22-11-5-3-6-12-22)24-13-7-8-14-27(24)34-30/h3,5-8,11-16,20,25H,4,9-10,17-19,21H2,1-2H3/p+1. The molecule has 2 aliphatic heterocycles. The predicted octanol–water partition coefficient (Wildman–Crippen LogP) is 4.90. The van der Waals surface area contributed by atoms with E-state index < -0.39 is 0 Å². The fourth-order valence-corrected chi connectivity index (χ4v) is 5.39. The van der Waals surface area contributed by atoms with Crippen LogP contribution in [-0.2, 0) is 6.42 Å². The van der Waals surface area contributed by atoms with Crippen LogP contribution >= 0.6 is 0 Å². The van der Waals surface area contributed by atoms with E-state index in [4.69, 9.17) is 14.2 Å². The quantitative estimate of drug-likeness (QED) is 0.549. The fourth-order valence-electron chi connectivity index (χ4n) is 5.39. The minimum atomic E-state index is 0.268. The molecule has 4 heteroatoms. The number of fused-ring (bicyclic) bond motifs is 1. The van der Waals surface area contributed by atoms with E-state index in [1.165, 1.54) is 49.1 Å². The number of quaternary nitrogens is 1. The molecule has 34 heavy (non-hydrogen) atoms. The predicted molar refractivity (Wildman–Crippen MR) is 136 cm³/mol. The summed E-state index contributed by atoms with van der Waals surface area (Å²) >= 11 is 0. The van der Waals surface area contributed by atoms with Gasteiger partial charge in [0.2, 0.25) is 0 Å². The van der Waals surface area contributed by atoms with Gasteiger partial charge in [-0.3, -0.25) is 0 Å². The molecule has 2 heterocycles. The third kappa shape index (κ3) is 4.69. The van der Waals surface area contributed by atoms with E-state index in [2.05, 4.69) is 60.7 Å². The molecule has 176 valence electrons. The highest BCUT2D eigenvalue weighted by Gasteiger charge is 2.33. The first kappa shape index (κ1) is 22.5. The summed E-state index contributed by atoms with van der Waals surface area (Å²) in [6.45, 7) is 3.44. The van der Waals surface area contributed by atoms with Gasteiger partial charge in [-0.25, -0.2) is 0 Å². The number of likely N-dealkylation sites (tertiary alicyclic amines) is 1. The molecule has 0 saturated carbocycles. The Kier molecular flexibility index (Phi) is 6.87. The van der Waals surface area contributed by atoms with Gasteiger partial charge in [-0.15, -0.1) is 0 Å². The van der Waals surface area contributed by atoms with Gasteiger partial charge < -0.3 is 19.1 Å². The average molecular weight is 457 g/mol. The van der Waals surface area contributed by atoms with Crippen LogP contribution in [0.4, 0.5) is 0 Å². The summed E-state index contributed by atoms with van der Waals surface area (Å²) in [5, 5.41) is 0. The molecule has 4 nitrogen and oxygen atoms in total. The minimum absolute atomic E-state index is 0.268. The van der Waals surface area contributed by atoms with Crippen molar-refractivity contribution in [1.82, 2.24) is 0 Å². The molecule has 3 aromatic rings. The third-order valence-corrected chi connectivity index (χ3v) is 7.15. The molecular formula is C30H34NO3+. The van der Waals surface area contributed by atoms with Crippen LogP contribution in [0.15, 0.2) is 78.4 Å². The van der Waals surface area contributed by atoms with Crippen LogP contribution in [0.2, 0.25) is 0 Å². The maximum Gasteiger partial charge on any atom is 0.161 e. The first-order chi connectivity index (χ1) is 16.8. The molecule has 1 atom stereocenters. The summed E-state index contributed by atoms with van der Waals surface area (Å²) in [5.74, 6) is 3.64. The Bertz CT molecular complexity index is 1150. The van der Waals surface area contributed by atoms with Crippen molar-refractivity contribution in [3.8, 4) is 17.2 Å². The van der Waals surface area contributed by atoms with Gasteiger partial charge in [0.15, 0.2) is 11.5 Å². The minimum Gasteiger partial charge on any atom is -0.493 e. The molecular weight excluding hydrogens is 422 g/mol. The zero-order chi connectivity index (χ0) is 23.3. The summed E-state index contributed by atoms with van der Waals surface area (Å²) < 4.78 is 17.8. The first-order valence-electron chi connectivity index (χ1n) is 12.4. The van der Waals surface area contributed by atoms with E-state index in [0.717, 1.165) is 41.5 Å². The molecule has 1 N–H and O–H groups in total. The van der Waals surface area contributed by atoms with E-state index >= 15 is 0 Å². The first-order valence-corrected chi connectivity index (χ1v) is 12.4. The third-order valence-electron chi connectivity index (χ3n) is 7.15. The number of hydrogen-bond donors (Lipinski definition) is 1. The number of para-hydroxylation sites is 1. The summed E-state index contributed by atoms with van der Waals surface area (Å²) in [6, 6.07) is 25.5. The highest BCUT2D eigenvalue weighted by molar-refractivity contribution is 5.72. The second-order valence-corrected chi connectivity index (χ2v) is 9.29. The van der Waals surface area contributed by atoms with E-state index in [0.29, 0.717) is 0 Å². The zero-order valence-electron chi connectivity index (χ0n) is 20.2. The molecule has 0 amide bonds. The zero-order valence-corrected chi connectivity index (χ0v) is 20.2. The van der Waals surface area contributed by atoms with Crippen LogP contribution in [0.3, 0.4) is 0 Å². The lowest BCUT2D eigenvalue weighted by molar-refractivity contribution is -0.900. The summed E-state index contributed by atoms with van der Waals surface area (Å²) in [5.41, 5.74) is 5.05. The Hall–Kier alpha value is -3.24. The number of hydrogen-bond acceptors (Lipinski definition) is 3. The molecule has 2 aliphatic rings. The molecule has 1 fully saturated rings. The number of ether oxygens (including phenoxy) is 3. The van der Waals surface area contributed by atoms with Gasteiger partial charge in [-0.05, 0) is 55.5 Å². The molecule has 1 saturated heterocycles. The molecule has 5 rings (SSSR count). The Morgan fingerprint density at radius 2 is 1.56 bits per heavy atom. The average Bonchev–Trinajstić information content (AvgIpc) is 2.90. The van der Waals surface area contributed by atoms with E-state index in [1.807, 2.05) is 12.1 Å². The molecule has 1 unspecified atom stereocenters. The Labute approximate surface area is 202 Å². The topological polar surface area (TPSA) is 32.1 Å². The fraction of sp³-hybridized carbons (Fsp3) is 0.333. The number of methoxy groups -OCH3 is 2. The summed E-state index contributed by atoms with van der Waals surface area (Å²) in [4.78, 5) is 1.65. The van der Waals surface area contributed by atoms with Crippen LogP contribution in [0.1, 0.15) is 41.9 Å². The van der Waals surface area contributed by atoms with Crippen molar-refractivity contribution in [2.24, 2.45) is 0 Å². The van der Waals surface area contributed by atoms with E-state index in [-0.39, 0.29) is 5.92 Å². The SMILES string of the molecule is COc1ccc(C2=C(C[NH+]3CCCCC3)C(Cc3ccccc3)c3ccccc3O2)cc1OC. The molecule has 0 spiro atoms. The highest BCUT2D eigenvalue weighted by atomic mass is 16.5. The van der Waals surface area contributed by atoms with Gasteiger partial charge in [-0.2, -0.15) is 0 Å². The Morgan fingerprint density at radius 3 is 2.32 bits per heavy atom. The molecule has 0 aliphatic carbocycles. The highest BCUT2D eigenvalue weighted by Crippen LogP contribution is 2.44. The van der Waals surface area contributed by atoms with Crippen molar-refractivity contribution < 1.29 is 19.1 Å². The monoisotopic (exact) mass is 456 g/mol. The lowest BCUT2D eigenvalue weighted by atomic mass is 9.81. The van der Waals surface area contributed by atoms with Crippen LogP contribution in [0.25, 0.3) is 5.76 Å². The van der Waals surface area contributed by atoms with Gasteiger partial charge in [0.25, 0.3) is 0 Å². The normalized spacial score (nSPS) is 18.2. The summed E-state index contributed by atoms with van der Waals surface area (Å²) in [6.07, 6.45) is 4.91. The Morgan fingerprint density at radius 1 is 0.824 bits per heavy atom. The van der Waals surface area contributed by atoms with Gasteiger partial charge >= 0.3 is 0 Å². The molecule has 3 aromatic carbocycles. The second kappa shape index (κ2) is 10.4. The van der Waals surface area contributed by atoms with Crippen molar-refractivity contribution in [3.05, 3.63) is 95.1 Å². The lowest BCUT2D eigenvalue weighted by Crippen LogP contribution is -3.13. The second-order valence-electron chi connectivity index (χ2n) is 9.29. The van der Waals surface area contributed by atoms with Crippen molar-refractivity contribution in [3.63, 3.8) is 0 Å². The van der Waals surface area contributed by atoms with E-state index in [1.54, 1.807) is 19.1 Å². The van der Waals surface area contributed by atoms with Crippen LogP contribution in [0.5, 0.6) is 17.2 Å². The van der Waals surface area contributed by atoms with Crippen LogP contribution in [0, 0.1) is 0 Å². The van der Waals surface area contributed by atoms with Gasteiger partial charge in [-0.1, -0.05) is 48.5 Å². The number of benzene rings is 3. The smallest absolute Gasteiger partial charge is 0.161 e. The maximum absolute atomic E-state index is 6.68. The number of piperidine rings is 1. The van der Waals surface area contributed by atoms with Crippen molar-refractivity contribution in [2.75, 3.05) is 33.9 Å². The van der Waals surface area contributed by atoms with Crippen molar-refractivity contribution >= 4 is 5.76 Å².